The smallest absolute Gasteiger partial charge is 0.255 e. The van der Waals surface area contributed by atoms with E-state index in [9.17, 15) is 14.7 Å². The van der Waals surface area contributed by atoms with E-state index in [1.54, 1.807) is 19.9 Å². The number of furan rings is 1. The molecule has 7 heteroatoms. The second-order valence-corrected chi connectivity index (χ2v) is 6.12. The van der Waals surface area contributed by atoms with Gasteiger partial charge in [0.25, 0.3) is 5.91 Å². The zero-order valence-electron chi connectivity index (χ0n) is 12.3. The van der Waals surface area contributed by atoms with Crippen molar-refractivity contribution in [2.24, 2.45) is 0 Å². The van der Waals surface area contributed by atoms with E-state index in [1.165, 1.54) is 29.9 Å². The number of rotatable bonds is 6. The molecule has 2 aromatic heterocycles. The van der Waals surface area contributed by atoms with Gasteiger partial charge in [0, 0.05) is 4.88 Å². The van der Waals surface area contributed by atoms with Gasteiger partial charge >= 0.3 is 0 Å². The third-order valence-electron chi connectivity index (χ3n) is 3.18. The van der Waals surface area contributed by atoms with E-state index < -0.39 is 11.6 Å². The van der Waals surface area contributed by atoms with Gasteiger partial charge in [0.05, 0.1) is 18.4 Å². The van der Waals surface area contributed by atoms with Crippen LogP contribution >= 0.6 is 11.3 Å². The number of nitrogens with one attached hydrogen (secondary N) is 2. The quantitative estimate of drug-likeness (QED) is 0.751. The number of amides is 2. The molecule has 22 heavy (non-hydrogen) atoms. The number of aliphatic hydroxyl groups is 1. The Balaban J connectivity index is 1.85. The molecule has 0 spiro atoms. The van der Waals surface area contributed by atoms with Gasteiger partial charge in [-0.05, 0) is 31.4 Å². The Morgan fingerprint density at radius 2 is 2.23 bits per heavy atom. The highest BCUT2D eigenvalue weighted by Crippen LogP contribution is 2.24. The van der Waals surface area contributed by atoms with E-state index in [0.29, 0.717) is 5.56 Å². The first-order chi connectivity index (χ1) is 10.4. The van der Waals surface area contributed by atoms with Crippen molar-refractivity contribution in [1.82, 2.24) is 10.6 Å². The molecule has 2 rings (SSSR count). The highest BCUT2D eigenvalue weighted by Gasteiger charge is 2.26. The maximum atomic E-state index is 12.0. The standard InChI is InChI=1S/C15H18N2O4S/c1-10(17-14(19)11-5-6-21-8-11)13(18)16-9-15(2,20)12-4-3-7-22-12/h3-8,10,20H,9H2,1-2H3,(H,16,18)(H,17,19). The lowest BCUT2D eigenvalue weighted by Crippen LogP contribution is -2.48. The largest absolute Gasteiger partial charge is 0.472 e. The predicted molar refractivity (Wildman–Crippen MR) is 82.5 cm³/mol. The fraction of sp³-hybridized carbons (Fsp3) is 0.333. The second kappa shape index (κ2) is 6.76. The van der Waals surface area contributed by atoms with Gasteiger partial charge in [-0.15, -0.1) is 11.3 Å². The molecule has 0 saturated heterocycles. The number of hydrogen-bond acceptors (Lipinski definition) is 5. The van der Waals surface area contributed by atoms with Gasteiger partial charge in [-0.2, -0.15) is 0 Å². The Morgan fingerprint density at radius 3 is 2.82 bits per heavy atom. The molecular weight excluding hydrogens is 304 g/mol. The molecule has 0 bridgehead atoms. The molecule has 0 aromatic carbocycles. The van der Waals surface area contributed by atoms with E-state index in [-0.39, 0.29) is 18.4 Å². The minimum absolute atomic E-state index is 0.0677. The lowest BCUT2D eigenvalue weighted by molar-refractivity contribution is -0.123. The Morgan fingerprint density at radius 1 is 1.45 bits per heavy atom. The number of hydrogen-bond donors (Lipinski definition) is 3. The van der Waals surface area contributed by atoms with E-state index in [2.05, 4.69) is 10.6 Å². The lowest BCUT2D eigenvalue weighted by Gasteiger charge is -2.23. The number of thiophene rings is 1. The Hall–Kier alpha value is -2.12. The molecule has 2 heterocycles. The highest BCUT2D eigenvalue weighted by atomic mass is 32.1. The molecule has 0 aliphatic rings. The van der Waals surface area contributed by atoms with Crippen LogP contribution in [0.25, 0.3) is 0 Å². The Labute approximate surface area is 132 Å². The average molecular weight is 322 g/mol. The van der Waals surface area contributed by atoms with Gasteiger partial charge in [0.1, 0.15) is 17.9 Å². The molecular formula is C15H18N2O4S. The number of carbonyl (C=O) groups is 2. The molecule has 0 fully saturated rings. The van der Waals surface area contributed by atoms with Crippen molar-refractivity contribution in [1.29, 1.82) is 0 Å². The summed E-state index contributed by atoms with van der Waals surface area (Å²) < 4.78 is 4.82. The molecule has 2 aromatic rings. The van der Waals surface area contributed by atoms with Crippen LogP contribution in [-0.4, -0.2) is 29.5 Å². The highest BCUT2D eigenvalue weighted by molar-refractivity contribution is 7.10. The molecule has 2 unspecified atom stereocenters. The second-order valence-electron chi connectivity index (χ2n) is 5.18. The maximum absolute atomic E-state index is 12.0. The topological polar surface area (TPSA) is 91.6 Å². The third-order valence-corrected chi connectivity index (χ3v) is 4.31. The normalized spacial score (nSPS) is 14.9. The van der Waals surface area contributed by atoms with Crippen molar-refractivity contribution in [3.8, 4) is 0 Å². The predicted octanol–water partition coefficient (Wildman–Crippen LogP) is 1.48. The zero-order chi connectivity index (χ0) is 16.2. The summed E-state index contributed by atoms with van der Waals surface area (Å²) in [7, 11) is 0. The Kier molecular flexibility index (Phi) is 4.99. The summed E-state index contributed by atoms with van der Waals surface area (Å²) in [4.78, 5) is 24.6. The van der Waals surface area contributed by atoms with Gasteiger partial charge in [0.2, 0.25) is 5.91 Å². The average Bonchev–Trinajstić information content (AvgIpc) is 3.16. The first-order valence-electron chi connectivity index (χ1n) is 6.77. The molecule has 118 valence electrons. The third kappa shape index (κ3) is 3.96. The van der Waals surface area contributed by atoms with Crippen molar-refractivity contribution < 1.29 is 19.1 Å². The summed E-state index contributed by atoms with van der Waals surface area (Å²) in [6.07, 6.45) is 2.69. The maximum Gasteiger partial charge on any atom is 0.255 e. The molecule has 6 nitrogen and oxygen atoms in total. The molecule has 2 atom stereocenters. The monoisotopic (exact) mass is 322 g/mol. The first kappa shape index (κ1) is 16.3. The number of carbonyl (C=O) groups excluding carboxylic acids is 2. The molecule has 0 aliphatic carbocycles. The van der Waals surface area contributed by atoms with E-state index in [1.807, 2.05) is 11.4 Å². The van der Waals surface area contributed by atoms with Crippen molar-refractivity contribution in [3.63, 3.8) is 0 Å². The summed E-state index contributed by atoms with van der Waals surface area (Å²) in [6.45, 7) is 3.28. The minimum atomic E-state index is -1.14. The minimum Gasteiger partial charge on any atom is -0.472 e. The summed E-state index contributed by atoms with van der Waals surface area (Å²) in [5.74, 6) is -0.755. The van der Waals surface area contributed by atoms with Crippen LogP contribution in [0.1, 0.15) is 29.1 Å². The van der Waals surface area contributed by atoms with Gasteiger partial charge in [-0.1, -0.05) is 6.07 Å². The van der Waals surface area contributed by atoms with Crippen LogP contribution in [0.15, 0.2) is 40.5 Å². The van der Waals surface area contributed by atoms with Crippen LogP contribution in [0.2, 0.25) is 0 Å². The van der Waals surface area contributed by atoms with Crippen molar-refractivity contribution in [2.75, 3.05) is 6.54 Å². The summed E-state index contributed by atoms with van der Waals surface area (Å²) >= 11 is 1.42. The zero-order valence-corrected chi connectivity index (χ0v) is 13.1. The van der Waals surface area contributed by atoms with Gasteiger partial charge < -0.3 is 20.2 Å². The molecule has 0 radical (unpaired) electrons. The van der Waals surface area contributed by atoms with Gasteiger partial charge in [0.15, 0.2) is 0 Å². The van der Waals surface area contributed by atoms with E-state index in [4.69, 9.17) is 4.42 Å². The SMILES string of the molecule is CC(NC(=O)c1ccoc1)C(=O)NCC(C)(O)c1cccs1. The van der Waals surface area contributed by atoms with Crippen molar-refractivity contribution in [2.45, 2.75) is 25.5 Å². The van der Waals surface area contributed by atoms with E-state index >= 15 is 0 Å². The molecule has 2 amide bonds. The van der Waals surface area contributed by atoms with Crippen LogP contribution in [0, 0.1) is 0 Å². The van der Waals surface area contributed by atoms with Crippen LogP contribution in [-0.2, 0) is 10.4 Å². The fourth-order valence-electron chi connectivity index (χ4n) is 1.82. The summed E-state index contributed by atoms with van der Waals surface area (Å²) in [5, 5.41) is 17.4. The molecule has 3 N–H and O–H groups in total. The first-order valence-corrected chi connectivity index (χ1v) is 7.65. The lowest BCUT2D eigenvalue weighted by atomic mass is 10.1. The molecule has 0 aliphatic heterocycles. The van der Waals surface area contributed by atoms with Crippen molar-refractivity contribution >= 4 is 23.2 Å². The van der Waals surface area contributed by atoms with Crippen LogP contribution in [0.4, 0.5) is 0 Å². The summed E-state index contributed by atoms with van der Waals surface area (Å²) in [5.41, 5.74) is -0.789. The molecule has 0 saturated carbocycles. The van der Waals surface area contributed by atoms with Crippen LogP contribution < -0.4 is 10.6 Å². The Bertz CT molecular complexity index is 620. The van der Waals surface area contributed by atoms with Gasteiger partial charge in [-0.3, -0.25) is 9.59 Å². The summed E-state index contributed by atoms with van der Waals surface area (Å²) in [6, 6.07) is 4.44. The fourth-order valence-corrected chi connectivity index (χ4v) is 2.61. The van der Waals surface area contributed by atoms with Crippen LogP contribution in [0.5, 0.6) is 0 Å². The van der Waals surface area contributed by atoms with Gasteiger partial charge in [-0.25, -0.2) is 0 Å². The van der Waals surface area contributed by atoms with Crippen LogP contribution in [0.3, 0.4) is 0 Å². The van der Waals surface area contributed by atoms with E-state index in [0.717, 1.165) is 4.88 Å². The van der Waals surface area contributed by atoms with Crippen molar-refractivity contribution in [3.05, 3.63) is 46.5 Å².